The van der Waals surface area contributed by atoms with Gasteiger partial charge in [0.05, 0.1) is 5.92 Å². The Kier molecular flexibility index (Phi) is 4.86. The number of rotatable bonds is 5. The van der Waals surface area contributed by atoms with Gasteiger partial charge in [0.2, 0.25) is 5.91 Å². The maximum Gasteiger partial charge on any atom is 0.308 e. The van der Waals surface area contributed by atoms with Crippen LogP contribution in [0.5, 0.6) is 0 Å². The van der Waals surface area contributed by atoms with Crippen molar-refractivity contribution in [2.24, 2.45) is 5.92 Å². The Morgan fingerprint density at radius 1 is 1.04 bits per heavy atom. The molecule has 1 saturated heterocycles. The van der Waals surface area contributed by atoms with Crippen LogP contribution in [0.25, 0.3) is 0 Å². The number of halogens is 1. The molecule has 1 fully saturated rings. The SMILES string of the molecule is O=C(O)[C@H]1CC(=O)N(c2ccc(CCc3ccc(Cl)cc3)cc2)C1. The van der Waals surface area contributed by atoms with Gasteiger partial charge in [0.1, 0.15) is 0 Å². The molecule has 0 radical (unpaired) electrons. The second kappa shape index (κ2) is 7.05. The maximum atomic E-state index is 12.0. The van der Waals surface area contributed by atoms with Crippen LogP contribution in [0.2, 0.25) is 5.02 Å². The van der Waals surface area contributed by atoms with Gasteiger partial charge in [-0.3, -0.25) is 9.59 Å². The van der Waals surface area contributed by atoms with E-state index in [1.54, 1.807) is 4.90 Å². The normalized spacial score (nSPS) is 17.3. The number of carboxylic acid groups (broad SMARTS) is 1. The van der Waals surface area contributed by atoms with Gasteiger partial charge < -0.3 is 10.0 Å². The number of hydrogen-bond acceptors (Lipinski definition) is 2. The van der Waals surface area contributed by atoms with Crippen molar-refractivity contribution < 1.29 is 14.7 Å². The summed E-state index contributed by atoms with van der Waals surface area (Å²) < 4.78 is 0. The lowest BCUT2D eigenvalue weighted by molar-refractivity contribution is -0.141. The van der Waals surface area contributed by atoms with Crippen molar-refractivity contribution in [1.29, 1.82) is 0 Å². The molecule has 3 rings (SSSR count). The van der Waals surface area contributed by atoms with Gasteiger partial charge in [0.25, 0.3) is 0 Å². The molecular weight excluding hydrogens is 326 g/mol. The maximum absolute atomic E-state index is 12.0. The van der Waals surface area contributed by atoms with E-state index in [1.165, 1.54) is 11.1 Å². The number of carbonyl (C=O) groups excluding carboxylic acids is 1. The third-order valence-electron chi connectivity index (χ3n) is 4.34. The van der Waals surface area contributed by atoms with E-state index in [4.69, 9.17) is 16.7 Å². The Labute approximate surface area is 145 Å². The molecule has 2 aromatic carbocycles. The summed E-state index contributed by atoms with van der Waals surface area (Å²) >= 11 is 5.88. The van der Waals surface area contributed by atoms with Gasteiger partial charge in [-0.05, 0) is 48.2 Å². The lowest BCUT2D eigenvalue weighted by Crippen LogP contribution is -2.25. The predicted octanol–water partition coefficient (Wildman–Crippen LogP) is 3.56. The summed E-state index contributed by atoms with van der Waals surface area (Å²) in [4.78, 5) is 24.6. The average molecular weight is 344 g/mol. The topological polar surface area (TPSA) is 57.6 Å². The van der Waals surface area contributed by atoms with Gasteiger partial charge in [-0.1, -0.05) is 35.9 Å². The summed E-state index contributed by atoms with van der Waals surface area (Å²) in [5.41, 5.74) is 3.16. The average Bonchev–Trinajstić information content (AvgIpc) is 2.97. The predicted molar refractivity (Wildman–Crippen MR) is 93.4 cm³/mol. The van der Waals surface area contributed by atoms with Crippen LogP contribution in [-0.2, 0) is 22.4 Å². The first-order valence-corrected chi connectivity index (χ1v) is 8.27. The van der Waals surface area contributed by atoms with E-state index < -0.39 is 11.9 Å². The van der Waals surface area contributed by atoms with E-state index in [-0.39, 0.29) is 18.9 Å². The van der Waals surface area contributed by atoms with Crippen molar-refractivity contribution in [3.8, 4) is 0 Å². The molecule has 2 aromatic rings. The Balaban J connectivity index is 1.62. The first-order valence-electron chi connectivity index (χ1n) is 7.89. The minimum Gasteiger partial charge on any atom is -0.481 e. The first kappa shape index (κ1) is 16.5. The van der Waals surface area contributed by atoms with Gasteiger partial charge in [-0.2, -0.15) is 0 Å². The van der Waals surface area contributed by atoms with Crippen molar-refractivity contribution in [3.63, 3.8) is 0 Å². The molecule has 0 saturated carbocycles. The molecule has 0 aliphatic carbocycles. The Bertz CT molecular complexity index is 740. The second-order valence-corrected chi connectivity index (χ2v) is 6.47. The first-order chi connectivity index (χ1) is 11.5. The van der Waals surface area contributed by atoms with Gasteiger partial charge in [0, 0.05) is 23.7 Å². The molecule has 5 heteroatoms. The van der Waals surface area contributed by atoms with Crippen LogP contribution < -0.4 is 4.90 Å². The van der Waals surface area contributed by atoms with Crippen LogP contribution in [-0.4, -0.2) is 23.5 Å². The van der Waals surface area contributed by atoms with Crippen LogP contribution in [0.15, 0.2) is 48.5 Å². The number of anilines is 1. The largest absolute Gasteiger partial charge is 0.481 e. The fourth-order valence-corrected chi connectivity index (χ4v) is 3.03. The lowest BCUT2D eigenvalue weighted by Gasteiger charge is -2.16. The summed E-state index contributed by atoms with van der Waals surface area (Å²) in [6, 6.07) is 15.6. The number of nitrogens with zero attached hydrogens (tertiary/aromatic N) is 1. The van der Waals surface area contributed by atoms with Crippen LogP contribution in [0.1, 0.15) is 17.5 Å². The highest BCUT2D eigenvalue weighted by Crippen LogP contribution is 2.25. The number of benzene rings is 2. The van der Waals surface area contributed by atoms with Crippen molar-refractivity contribution >= 4 is 29.2 Å². The Morgan fingerprint density at radius 3 is 2.08 bits per heavy atom. The lowest BCUT2D eigenvalue weighted by atomic mass is 10.0. The summed E-state index contributed by atoms with van der Waals surface area (Å²) in [6.07, 6.45) is 1.89. The van der Waals surface area contributed by atoms with E-state index in [1.807, 2.05) is 48.5 Å². The molecule has 0 aromatic heterocycles. The van der Waals surface area contributed by atoms with E-state index in [0.717, 1.165) is 23.6 Å². The molecule has 1 amide bonds. The van der Waals surface area contributed by atoms with Crippen molar-refractivity contribution in [3.05, 3.63) is 64.7 Å². The zero-order valence-electron chi connectivity index (χ0n) is 13.1. The van der Waals surface area contributed by atoms with Gasteiger partial charge in [0.15, 0.2) is 0 Å². The molecule has 1 heterocycles. The van der Waals surface area contributed by atoms with E-state index in [0.29, 0.717) is 0 Å². The molecular formula is C19H18ClNO3. The minimum atomic E-state index is -0.912. The number of carboxylic acids is 1. The number of amides is 1. The quantitative estimate of drug-likeness (QED) is 0.903. The fourth-order valence-electron chi connectivity index (χ4n) is 2.90. The molecule has 0 spiro atoms. The monoisotopic (exact) mass is 343 g/mol. The number of hydrogen-bond donors (Lipinski definition) is 1. The third kappa shape index (κ3) is 3.77. The minimum absolute atomic E-state index is 0.0770. The molecule has 1 aliphatic heterocycles. The van der Waals surface area contributed by atoms with Gasteiger partial charge in [-0.25, -0.2) is 0 Å². The number of aliphatic carboxylic acids is 1. The Morgan fingerprint density at radius 2 is 1.58 bits per heavy atom. The molecule has 0 bridgehead atoms. The summed E-state index contributed by atoms with van der Waals surface area (Å²) in [6.45, 7) is 0.248. The summed E-state index contributed by atoms with van der Waals surface area (Å²) in [5.74, 6) is -1.65. The standard InChI is InChI=1S/C19H18ClNO3/c20-16-7-3-13(4-8-16)1-2-14-5-9-17(10-6-14)21-12-15(19(23)24)11-18(21)22/h3-10,15H,1-2,11-12H2,(H,23,24)/t15-/m0/s1. The van der Waals surface area contributed by atoms with Gasteiger partial charge >= 0.3 is 5.97 Å². The van der Waals surface area contributed by atoms with E-state index in [2.05, 4.69) is 0 Å². The second-order valence-electron chi connectivity index (χ2n) is 6.04. The number of aryl methyl sites for hydroxylation is 2. The fraction of sp³-hybridized carbons (Fsp3) is 0.263. The zero-order valence-corrected chi connectivity index (χ0v) is 13.9. The smallest absolute Gasteiger partial charge is 0.308 e. The molecule has 124 valence electrons. The van der Waals surface area contributed by atoms with Crippen molar-refractivity contribution in [2.75, 3.05) is 11.4 Å². The van der Waals surface area contributed by atoms with Crippen LogP contribution in [0.4, 0.5) is 5.69 Å². The highest BCUT2D eigenvalue weighted by molar-refractivity contribution is 6.30. The van der Waals surface area contributed by atoms with Crippen LogP contribution in [0.3, 0.4) is 0 Å². The van der Waals surface area contributed by atoms with Gasteiger partial charge in [-0.15, -0.1) is 0 Å². The van der Waals surface area contributed by atoms with Crippen molar-refractivity contribution in [1.82, 2.24) is 0 Å². The third-order valence-corrected chi connectivity index (χ3v) is 4.59. The molecule has 24 heavy (non-hydrogen) atoms. The Hall–Kier alpha value is -2.33. The molecule has 1 N–H and O–H groups in total. The zero-order chi connectivity index (χ0) is 17.1. The highest BCUT2D eigenvalue weighted by atomic mass is 35.5. The van der Waals surface area contributed by atoms with E-state index >= 15 is 0 Å². The van der Waals surface area contributed by atoms with Crippen molar-refractivity contribution in [2.45, 2.75) is 19.3 Å². The summed E-state index contributed by atoms with van der Waals surface area (Å²) in [5, 5.41) is 9.78. The number of carbonyl (C=O) groups is 2. The molecule has 4 nitrogen and oxygen atoms in total. The van der Waals surface area contributed by atoms with E-state index in [9.17, 15) is 9.59 Å². The van der Waals surface area contributed by atoms with Crippen LogP contribution in [0, 0.1) is 5.92 Å². The van der Waals surface area contributed by atoms with Crippen LogP contribution >= 0.6 is 11.6 Å². The molecule has 0 unspecified atom stereocenters. The summed E-state index contributed by atoms with van der Waals surface area (Å²) in [7, 11) is 0. The highest BCUT2D eigenvalue weighted by Gasteiger charge is 2.34. The molecule has 1 atom stereocenters. The molecule has 1 aliphatic rings.